The average Bonchev–Trinajstić information content (AvgIpc) is 2.95. The molecule has 0 spiro atoms. The van der Waals surface area contributed by atoms with Gasteiger partial charge in [0.05, 0.1) is 0 Å². The van der Waals surface area contributed by atoms with E-state index in [1.807, 2.05) is 23.5 Å². The molecule has 0 bridgehead atoms. The first kappa shape index (κ1) is 15.0. The van der Waals surface area contributed by atoms with E-state index in [0.29, 0.717) is 5.92 Å². The molecule has 0 fully saturated rings. The van der Waals surface area contributed by atoms with Crippen LogP contribution in [0, 0.1) is 0 Å². The summed E-state index contributed by atoms with van der Waals surface area (Å²) in [4.78, 5) is 2.86. The monoisotopic (exact) mass is 315 g/mol. The van der Waals surface area contributed by atoms with E-state index in [0.717, 1.165) is 13.1 Å². The van der Waals surface area contributed by atoms with Gasteiger partial charge in [-0.25, -0.2) is 0 Å². The highest BCUT2D eigenvalue weighted by Crippen LogP contribution is 2.41. The minimum absolute atomic E-state index is 0.692. The number of rotatable bonds is 6. The average molecular weight is 316 g/mol. The van der Waals surface area contributed by atoms with Crippen LogP contribution < -0.4 is 5.32 Å². The predicted octanol–water partition coefficient (Wildman–Crippen LogP) is 4.78. The molecular formula is C18H21NS2. The summed E-state index contributed by atoms with van der Waals surface area (Å²) in [7, 11) is 0. The van der Waals surface area contributed by atoms with Gasteiger partial charge in [0, 0.05) is 33.8 Å². The normalized spacial score (nSPS) is 16.9. The number of benzene rings is 2. The van der Waals surface area contributed by atoms with E-state index in [2.05, 4.69) is 60.8 Å². The van der Waals surface area contributed by atoms with Crippen LogP contribution in [-0.2, 0) is 6.54 Å². The summed E-state index contributed by atoms with van der Waals surface area (Å²) in [5.74, 6) is 3.10. The highest BCUT2D eigenvalue weighted by atomic mass is 32.2. The van der Waals surface area contributed by atoms with Crippen molar-refractivity contribution in [3.8, 4) is 0 Å². The molecule has 21 heavy (non-hydrogen) atoms. The second-order valence-electron chi connectivity index (χ2n) is 5.28. The van der Waals surface area contributed by atoms with Crippen molar-refractivity contribution >= 4 is 23.5 Å². The molecule has 3 heteroatoms. The van der Waals surface area contributed by atoms with E-state index in [9.17, 15) is 0 Å². The lowest BCUT2D eigenvalue weighted by molar-refractivity contribution is 0.726. The van der Waals surface area contributed by atoms with Gasteiger partial charge in [-0.15, -0.1) is 23.5 Å². The number of nitrogens with one attached hydrogen (secondary N) is 1. The molecule has 1 heterocycles. The van der Waals surface area contributed by atoms with Crippen LogP contribution in [-0.4, -0.2) is 18.1 Å². The van der Waals surface area contributed by atoms with Crippen LogP contribution in [0.2, 0.25) is 0 Å². The molecule has 2 aromatic rings. The summed E-state index contributed by atoms with van der Waals surface area (Å²) in [6, 6.07) is 17.8. The first-order chi connectivity index (χ1) is 10.4. The summed E-state index contributed by atoms with van der Waals surface area (Å²) in [5.41, 5.74) is 2.90. The molecule has 0 saturated heterocycles. The molecule has 0 aliphatic carbocycles. The van der Waals surface area contributed by atoms with Gasteiger partial charge in [0.15, 0.2) is 0 Å². The van der Waals surface area contributed by atoms with Gasteiger partial charge in [0.25, 0.3) is 0 Å². The van der Waals surface area contributed by atoms with Crippen LogP contribution in [0.1, 0.15) is 24.0 Å². The topological polar surface area (TPSA) is 12.0 Å². The van der Waals surface area contributed by atoms with E-state index < -0.39 is 0 Å². The van der Waals surface area contributed by atoms with Crippen molar-refractivity contribution in [2.45, 2.75) is 29.2 Å². The smallest absolute Gasteiger partial charge is 0.0205 e. The molecule has 0 saturated carbocycles. The Morgan fingerprint density at radius 2 is 1.95 bits per heavy atom. The molecule has 1 aliphatic rings. The number of hydrogen-bond acceptors (Lipinski definition) is 3. The van der Waals surface area contributed by atoms with Gasteiger partial charge in [0.2, 0.25) is 0 Å². The van der Waals surface area contributed by atoms with Gasteiger partial charge >= 0.3 is 0 Å². The molecule has 0 amide bonds. The molecule has 0 aromatic heterocycles. The molecule has 1 atom stereocenters. The first-order valence-electron chi connectivity index (χ1n) is 7.51. The fourth-order valence-electron chi connectivity index (χ4n) is 2.54. The maximum atomic E-state index is 3.36. The van der Waals surface area contributed by atoms with E-state index in [-0.39, 0.29) is 0 Å². The van der Waals surface area contributed by atoms with E-state index in [4.69, 9.17) is 0 Å². The van der Waals surface area contributed by atoms with Crippen LogP contribution in [0.3, 0.4) is 0 Å². The van der Waals surface area contributed by atoms with Gasteiger partial charge in [0.1, 0.15) is 0 Å². The maximum Gasteiger partial charge on any atom is 0.0205 e. The summed E-state index contributed by atoms with van der Waals surface area (Å²) < 4.78 is 0. The lowest BCUT2D eigenvalue weighted by Crippen LogP contribution is -2.11. The van der Waals surface area contributed by atoms with Crippen molar-refractivity contribution in [3.63, 3.8) is 0 Å². The standard InChI is InChI=1S/C18H21NS2/c1-2-19-11-14-7-9-16(10-8-14)20-12-15-13-21-18-6-4-3-5-17(15)18/h3-10,15,19H,2,11-13H2,1H3. The molecule has 110 valence electrons. The minimum Gasteiger partial charge on any atom is -0.313 e. The third-order valence-electron chi connectivity index (χ3n) is 3.75. The lowest BCUT2D eigenvalue weighted by Gasteiger charge is -2.10. The SMILES string of the molecule is CCNCc1ccc(SCC2CSc3ccccc32)cc1. The zero-order valence-electron chi connectivity index (χ0n) is 12.3. The zero-order chi connectivity index (χ0) is 14.5. The minimum atomic E-state index is 0.692. The largest absolute Gasteiger partial charge is 0.313 e. The van der Waals surface area contributed by atoms with Gasteiger partial charge in [-0.05, 0) is 35.9 Å². The Bertz CT molecular complexity index is 580. The van der Waals surface area contributed by atoms with E-state index >= 15 is 0 Å². The molecule has 1 nitrogen and oxygen atoms in total. The third-order valence-corrected chi connectivity index (χ3v) is 6.18. The number of fused-ring (bicyclic) bond motifs is 1. The Kier molecular flexibility index (Phi) is 5.28. The molecule has 0 radical (unpaired) electrons. The quantitative estimate of drug-likeness (QED) is 0.771. The van der Waals surface area contributed by atoms with Gasteiger partial charge < -0.3 is 5.32 Å². The predicted molar refractivity (Wildman–Crippen MR) is 94.5 cm³/mol. The molecular weight excluding hydrogens is 294 g/mol. The van der Waals surface area contributed by atoms with Crippen LogP contribution in [0.4, 0.5) is 0 Å². The van der Waals surface area contributed by atoms with Crippen LogP contribution in [0.25, 0.3) is 0 Å². The number of thioether (sulfide) groups is 2. The van der Waals surface area contributed by atoms with Gasteiger partial charge in [-0.3, -0.25) is 0 Å². The van der Waals surface area contributed by atoms with Crippen molar-refractivity contribution in [1.82, 2.24) is 5.32 Å². The van der Waals surface area contributed by atoms with Crippen LogP contribution >= 0.6 is 23.5 Å². The van der Waals surface area contributed by atoms with Crippen molar-refractivity contribution in [2.75, 3.05) is 18.1 Å². The second-order valence-corrected chi connectivity index (χ2v) is 7.44. The lowest BCUT2D eigenvalue weighted by atomic mass is 10.0. The van der Waals surface area contributed by atoms with Crippen molar-refractivity contribution in [1.29, 1.82) is 0 Å². The Morgan fingerprint density at radius 3 is 2.76 bits per heavy atom. The third kappa shape index (κ3) is 3.85. The van der Waals surface area contributed by atoms with Crippen LogP contribution in [0.5, 0.6) is 0 Å². The first-order valence-corrected chi connectivity index (χ1v) is 9.48. The summed E-state index contributed by atoms with van der Waals surface area (Å²) in [6.07, 6.45) is 0. The highest BCUT2D eigenvalue weighted by molar-refractivity contribution is 8.00. The van der Waals surface area contributed by atoms with Crippen molar-refractivity contribution < 1.29 is 0 Å². The molecule has 1 unspecified atom stereocenters. The summed E-state index contributed by atoms with van der Waals surface area (Å²) >= 11 is 3.98. The Balaban J connectivity index is 1.56. The molecule has 1 N–H and O–H groups in total. The number of hydrogen-bond donors (Lipinski definition) is 1. The zero-order valence-corrected chi connectivity index (χ0v) is 14.0. The Labute approximate surface area is 135 Å². The summed E-state index contributed by atoms with van der Waals surface area (Å²) in [5, 5.41) is 3.36. The molecule has 2 aromatic carbocycles. The summed E-state index contributed by atoms with van der Waals surface area (Å²) in [6.45, 7) is 4.13. The Morgan fingerprint density at radius 1 is 1.14 bits per heavy atom. The fourth-order valence-corrected chi connectivity index (χ4v) is 4.96. The molecule has 3 rings (SSSR count). The highest BCUT2D eigenvalue weighted by Gasteiger charge is 2.22. The molecule has 1 aliphatic heterocycles. The van der Waals surface area contributed by atoms with E-state index in [1.54, 1.807) is 5.56 Å². The second kappa shape index (κ2) is 7.39. The van der Waals surface area contributed by atoms with E-state index in [1.165, 1.54) is 26.9 Å². The van der Waals surface area contributed by atoms with Crippen molar-refractivity contribution in [2.24, 2.45) is 0 Å². The van der Waals surface area contributed by atoms with Gasteiger partial charge in [-0.1, -0.05) is 37.3 Å². The van der Waals surface area contributed by atoms with Crippen molar-refractivity contribution in [3.05, 3.63) is 59.7 Å². The van der Waals surface area contributed by atoms with Gasteiger partial charge in [-0.2, -0.15) is 0 Å². The maximum absolute atomic E-state index is 3.36. The fraction of sp³-hybridized carbons (Fsp3) is 0.333. The van der Waals surface area contributed by atoms with Crippen LogP contribution in [0.15, 0.2) is 58.3 Å². The Hall–Kier alpha value is -0.900.